The van der Waals surface area contributed by atoms with Crippen molar-refractivity contribution in [3.63, 3.8) is 0 Å². The number of rotatable bonds is 1. The van der Waals surface area contributed by atoms with Gasteiger partial charge >= 0.3 is 0 Å². The average Bonchev–Trinajstić information content (AvgIpc) is 2.42. The van der Waals surface area contributed by atoms with E-state index in [-0.39, 0.29) is 5.41 Å². The van der Waals surface area contributed by atoms with E-state index >= 15 is 0 Å². The molecule has 1 aromatic rings. The summed E-state index contributed by atoms with van der Waals surface area (Å²) >= 11 is 0. The molecule has 0 saturated carbocycles. The van der Waals surface area contributed by atoms with Crippen molar-refractivity contribution >= 4 is 5.57 Å². The minimum absolute atomic E-state index is 0.0471. The molecular formula is C15H16. The van der Waals surface area contributed by atoms with Crippen LogP contribution < -0.4 is 0 Å². The van der Waals surface area contributed by atoms with E-state index < -0.39 is 0 Å². The second-order valence-corrected chi connectivity index (χ2v) is 4.47. The van der Waals surface area contributed by atoms with E-state index in [1.807, 2.05) is 6.08 Å². The van der Waals surface area contributed by atoms with E-state index in [0.29, 0.717) is 0 Å². The third-order valence-electron chi connectivity index (χ3n) is 3.25. The summed E-state index contributed by atoms with van der Waals surface area (Å²) in [4.78, 5) is 0. The van der Waals surface area contributed by atoms with Gasteiger partial charge in [0.2, 0.25) is 0 Å². The van der Waals surface area contributed by atoms with Crippen molar-refractivity contribution in [2.45, 2.75) is 19.3 Å². The van der Waals surface area contributed by atoms with Gasteiger partial charge in [-0.1, -0.05) is 63.4 Å². The predicted octanol–water partition coefficient (Wildman–Crippen LogP) is 4.10. The van der Waals surface area contributed by atoms with Crippen LogP contribution in [0.4, 0.5) is 0 Å². The Balaban J connectivity index is 2.73. The normalized spacial score (nSPS) is 20.4. The van der Waals surface area contributed by atoms with Crippen LogP contribution in [0.1, 0.15) is 25.0 Å². The zero-order valence-corrected chi connectivity index (χ0v) is 9.38. The lowest BCUT2D eigenvalue weighted by molar-refractivity contribution is 0.663. The molecule has 0 amide bonds. The van der Waals surface area contributed by atoms with E-state index in [1.54, 1.807) is 0 Å². The van der Waals surface area contributed by atoms with Gasteiger partial charge in [0.05, 0.1) is 0 Å². The lowest BCUT2D eigenvalue weighted by atomic mass is 9.83. The molecule has 0 bridgehead atoms. The molecule has 0 heterocycles. The molecule has 0 radical (unpaired) electrons. The fourth-order valence-electron chi connectivity index (χ4n) is 2.23. The van der Waals surface area contributed by atoms with E-state index in [0.717, 1.165) is 0 Å². The topological polar surface area (TPSA) is 0 Å². The molecule has 0 aromatic heterocycles. The number of hydrogen-bond donors (Lipinski definition) is 0. The standard InChI is InChI=1S/C15H16/c1-5-8-12-11(2)15(3,4)14-10-7-6-9-13(12)14/h5-10H,1-2H2,3-4H3/b12-8+. The molecule has 0 nitrogen and oxygen atoms in total. The van der Waals surface area contributed by atoms with Gasteiger partial charge in [0.25, 0.3) is 0 Å². The molecular weight excluding hydrogens is 180 g/mol. The first kappa shape index (κ1) is 9.97. The van der Waals surface area contributed by atoms with Gasteiger partial charge in [-0.25, -0.2) is 0 Å². The van der Waals surface area contributed by atoms with Crippen molar-refractivity contribution < 1.29 is 0 Å². The van der Waals surface area contributed by atoms with Crippen LogP contribution in [-0.4, -0.2) is 0 Å². The number of fused-ring (bicyclic) bond motifs is 1. The molecule has 0 saturated heterocycles. The highest BCUT2D eigenvalue weighted by molar-refractivity contribution is 5.89. The Hall–Kier alpha value is -1.56. The second kappa shape index (κ2) is 3.23. The van der Waals surface area contributed by atoms with Gasteiger partial charge in [0.1, 0.15) is 0 Å². The van der Waals surface area contributed by atoms with Gasteiger partial charge in [-0.15, -0.1) is 0 Å². The second-order valence-electron chi connectivity index (χ2n) is 4.47. The summed E-state index contributed by atoms with van der Waals surface area (Å²) in [5.74, 6) is 0. The molecule has 0 atom stereocenters. The minimum Gasteiger partial charge on any atom is -0.0990 e. The molecule has 0 aliphatic heterocycles. The summed E-state index contributed by atoms with van der Waals surface area (Å²) in [7, 11) is 0. The summed E-state index contributed by atoms with van der Waals surface area (Å²) in [5.41, 5.74) is 5.12. The number of hydrogen-bond acceptors (Lipinski definition) is 0. The highest BCUT2D eigenvalue weighted by Crippen LogP contribution is 2.48. The first-order valence-corrected chi connectivity index (χ1v) is 5.21. The van der Waals surface area contributed by atoms with Gasteiger partial charge in [0.15, 0.2) is 0 Å². The zero-order chi connectivity index (χ0) is 11.1. The molecule has 0 heteroatoms. The van der Waals surface area contributed by atoms with Gasteiger partial charge in [-0.3, -0.25) is 0 Å². The molecule has 0 unspecified atom stereocenters. The third kappa shape index (κ3) is 1.29. The Labute approximate surface area is 91.6 Å². The van der Waals surface area contributed by atoms with E-state index in [2.05, 4.69) is 57.3 Å². The summed E-state index contributed by atoms with van der Waals surface area (Å²) in [6, 6.07) is 8.50. The summed E-state index contributed by atoms with van der Waals surface area (Å²) in [6.45, 7) is 12.4. The van der Waals surface area contributed by atoms with E-state index in [4.69, 9.17) is 0 Å². The number of benzene rings is 1. The van der Waals surface area contributed by atoms with Crippen molar-refractivity contribution in [2.75, 3.05) is 0 Å². The molecule has 0 fully saturated rings. The Morgan fingerprint density at radius 3 is 2.53 bits per heavy atom. The van der Waals surface area contributed by atoms with Gasteiger partial charge in [-0.05, 0) is 22.3 Å². The van der Waals surface area contributed by atoms with Crippen molar-refractivity contribution in [3.05, 3.63) is 66.3 Å². The van der Waals surface area contributed by atoms with Crippen LogP contribution >= 0.6 is 0 Å². The first-order chi connectivity index (χ1) is 7.09. The van der Waals surface area contributed by atoms with Gasteiger partial charge in [-0.2, -0.15) is 0 Å². The molecule has 1 aliphatic carbocycles. The average molecular weight is 196 g/mol. The quantitative estimate of drug-likeness (QED) is 0.634. The lowest BCUT2D eigenvalue weighted by Gasteiger charge is -2.20. The Kier molecular flexibility index (Phi) is 2.15. The van der Waals surface area contributed by atoms with Gasteiger partial charge < -0.3 is 0 Å². The van der Waals surface area contributed by atoms with Crippen LogP contribution in [0.15, 0.2) is 55.1 Å². The Bertz CT molecular complexity index is 459. The smallest absolute Gasteiger partial charge is 0.0152 e. The maximum absolute atomic E-state index is 4.21. The van der Waals surface area contributed by atoms with Crippen LogP contribution in [0, 0.1) is 0 Å². The molecule has 0 N–H and O–H groups in total. The van der Waals surface area contributed by atoms with Gasteiger partial charge in [0, 0.05) is 5.41 Å². The van der Waals surface area contributed by atoms with Crippen LogP contribution in [0.5, 0.6) is 0 Å². The summed E-state index contributed by atoms with van der Waals surface area (Å²) in [6.07, 6.45) is 3.88. The maximum atomic E-state index is 4.21. The van der Waals surface area contributed by atoms with Crippen molar-refractivity contribution in [1.82, 2.24) is 0 Å². The van der Waals surface area contributed by atoms with Crippen molar-refractivity contribution in [2.24, 2.45) is 0 Å². The maximum Gasteiger partial charge on any atom is 0.0152 e. The van der Waals surface area contributed by atoms with E-state index in [9.17, 15) is 0 Å². The lowest BCUT2D eigenvalue weighted by Crippen LogP contribution is -2.13. The Morgan fingerprint density at radius 2 is 1.87 bits per heavy atom. The largest absolute Gasteiger partial charge is 0.0990 e. The SMILES string of the molecule is C=C/C=C1\C(=C)C(C)(C)c2ccccc21. The summed E-state index contributed by atoms with van der Waals surface area (Å²) < 4.78 is 0. The van der Waals surface area contributed by atoms with Crippen LogP contribution in [0.25, 0.3) is 5.57 Å². The van der Waals surface area contributed by atoms with Crippen LogP contribution in [0.3, 0.4) is 0 Å². The molecule has 15 heavy (non-hydrogen) atoms. The first-order valence-electron chi connectivity index (χ1n) is 5.21. The van der Waals surface area contributed by atoms with E-state index in [1.165, 1.54) is 22.3 Å². The Morgan fingerprint density at radius 1 is 1.20 bits per heavy atom. The molecule has 2 rings (SSSR count). The fraction of sp³-hybridized carbons (Fsp3) is 0.200. The monoisotopic (exact) mass is 196 g/mol. The molecule has 1 aromatic carbocycles. The highest BCUT2D eigenvalue weighted by Gasteiger charge is 2.35. The predicted molar refractivity (Wildman–Crippen MR) is 66.8 cm³/mol. The molecule has 1 aliphatic rings. The van der Waals surface area contributed by atoms with Crippen molar-refractivity contribution in [3.8, 4) is 0 Å². The van der Waals surface area contributed by atoms with Crippen LogP contribution in [0.2, 0.25) is 0 Å². The summed E-state index contributed by atoms with van der Waals surface area (Å²) in [5, 5.41) is 0. The number of allylic oxidation sites excluding steroid dienone is 4. The zero-order valence-electron chi connectivity index (χ0n) is 9.38. The molecule has 0 spiro atoms. The minimum atomic E-state index is 0.0471. The third-order valence-corrected chi connectivity index (χ3v) is 3.25. The van der Waals surface area contributed by atoms with Crippen molar-refractivity contribution in [1.29, 1.82) is 0 Å². The van der Waals surface area contributed by atoms with Crippen LogP contribution in [-0.2, 0) is 5.41 Å². The fourth-order valence-corrected chi connectivity index (χ4v) is 2.23. The highest BCUT2D eigenvalue weighted by atomic mass is 14.4. The molecule has 76 valence electrons.